The van der Waals surface area contributed by atoms with Crippen LogP contribution in [0.3, 0.4) is 0 Å². The number of unbranched alkanes of at least 4 members (excludes halogenated alkanes) is 8. The van der Waals surface area contributed by atoms with Crippen LogP contribution in [0.2, 0.25) is 0 Å². The largest absolute Gasteiger partial charge is 0.508 e. The first-order valence-corrected chi connectivity index (χ1v) is 11.5. The Morgan fingerprint density at radius 3 is 2.24 bits per heavy atom. The molecule has 1 rings (SSSR count). The molecule has 3 heteroatoms. The molecule has 162 valence electrons. The van der Waals surface area contributed by atoms with E-state index >= 15 is 0 Å². The van der Waals surface area contributed by atoms with Gasteiger partial charge in [-0.05, 0) is 56.6 Å². The highest BCUT2D eigenvalue weighted by atomic mass is 16.5. The fraction of sp³-hybridized carbons (Fsp3) is 0.577. The summed E-state index contributed by atoms with van der Waals surface area (Å²) in [7, 11) is 0. The van der Waals surface area contributed by atoms with Gasteiger partial charge in [0.15, 0.2) is 0 Å². The summed E-state index contributed by atoms with van der Waals surface area (Å²) in [4.78, 5) is 12.0. The zero-order valence-corrected chi connectivity index (χ0v) is 18.5. The minimum atomic E-state index is -0.212. The first-order valence-electron chi connectivity index (χ1n) is 11.5. The number of allylic oxidation sites excluding steroid dienone is 4. The van der Waals surface area contributed by atoms with E-state index in [1.54, 1.807) is 12.1 Å². The summed E-state index contributed by atoms with van der Waals surface area (Å²) in [6.45, 7) is 4.24. The predicted octanol–water partition coefficient (Wildman–Crippen LogP) is 7.67. The van der Waals surface area contributed by atoms with E-state index in [1.165, 1.54) is 44.6 Å². The second-order valence-electron chi connectivity index (χ2n) is 7.60. The average Bonchev–Trinajstić information content (AvgIpc) is 2.71. The minimum Gasteiger partial charge on any atom is -0.508 e. The van der Waals surface area contributed by atoms with Crippen LogP contribution in [0.4, 0.5) is 0 Å². The van der Waals surface area contributed by atoms with Gasteiger partial charge < -0.3 is 9.84 Å². The fourth-order valence-corrected chi connectivity index (χ4v) is 3.18. The van der Waals surface area contributed by atoms with Crippen molar-refractivity contribution < 1.29 is 14.6 Å². The van der Waals surface area contributed by atoms with Crippen molar-refractivity contribution in [1.82, 2.24) is 0 Å². The lowest BCUT2D eigenvalue weighted by molar-refractivity contribution is -0.134. The third-order valence-electron chi connectivity index (χ3n) is 4.99. The Labute approximate surface area is 177 Å². The molecule has 0 radical (unpaired) electrons. The van der Waals surface area contributed by atoms with Gasteiger partial charge in [0.25, 0.3) is 0 Å². The Balaban J connectivity index is 2.01. The Bertz CT molecular complexity index is 616. The highest BCUT2D eigenvalue weighted by Gasteiger charge is 2.09. The summed E-state index contributed by atoms with van der Waals surface area (Å²) in [6, 6.07) is 4.94. The van der Waals surface area contributed by atoms with Crippen molar-refractivity contribution in [2.24, 2.45) is 0 Å². The van der Waals surface area contributed by atoms with Crippen LogP contribution in [-0.4, -0.2) is 11.1 Å². The number of carbonyl (C=O) groups excluding carboxylic acids is 1. The first-order chi connectivity index (χ1) is 14.2. The summed E-state index contributed by atoms with van der Waals surface area (Å²) in [5.41, 5.74) is 0.941. The summed E-state index contributed by atoms with van der Waals surface area (Å²) >= 11 is 0. The molecule has 0 spiro atoms. The van der Waals surface area contributed by atoms with Gasteiger partial charge in [0, 0.05) is 12.5 Å². The number of aromatic hydroxyl groups is 1. The maximum atomic E-state index is 12.0. The molecule has 1 aromatic carbocycles. The molecule has 0 aliphatic rings. The van der Waals surface area contributed by atoms with Gasteiger partial charge in [-0.25, -0.2) is 0 Å². The quantitative estimate of drug-likeness (QED) is 0.134. The first kappa shape index (κ1) is 25.0. The molecule has 0 unspecified atom stereocenters. The molecule has 0 aliphatic heterocycles. The van der Waals surface area contributed by atoms with Crippen molar-refractivity contribution in [3.8, 4) is 11.5 Å². The Hall–Kier alpha value is -2.03. The van der Waals surface area contributed by atoms with Crippen LogP contribution < -0.4 is 4.74 Å². The molecule has 0 saturated heterocycles. The molecule has 0 saturated carbocycles. The normalized spacial score (nSPS) is 11.5. The number of benzene rings is 1. The number of rotatable bonds is 16. The van der Waals surface area contributed by atoms with Crippen molar-refractivity contribution in [3.63, 3.8) is 0 Å². The van der Waals surface area contributed by atoms with Gasteiger partial charge in [0.05, 0.1) is 0 Å². The average molecular weight is 401 g/mol. The molecule has 0 heterocycles. The monoisotopic (exact) mass is 400 g/mol. The van der Waals surface area contributed by atoms with Gasteiger partial charge in [-0.3, -0.25) is 4.79 Å². The molecule has 0 bridgehead atoms. The van der Waals surface area contributed by atoms with Crippen LogP contribution in [0.25, 0.3) is 0 Å². The zero-order valence-electron chi connectivity index (χ0n) is 18.5. The third kappa shape index (κ3) is 12.9. The maximum absolute atomic E-state index is 12.0. The molecule has 1 N–H and O–H groups in total. The summed E-state index contributed by atoms with van der Waals surface area (Å²) < 4.78 is 5.42. The molecule has 29 heavy (non-hydrogen) atoms. The zero-order chi connectivity index (χ0) is 21.2. The van der Waals surface area contributed by atoms with Gasteiger partial charge >= 0.3 is 5.97 Å². The van der Waals surface area contributed by atoms with Crippen molar-refractivity contribution >= 4 is 5.97 Å². The lowest BCUT2D eigenvalue weighted by atomic mass is 10.1. The maximum Gasteiger partial charge on any atom is 0.311 e. The molecular formula is C26H40O3. The number of aryl methyl sites for hydroxylation is 1. The number of phenolic OH excluding ortho intramolecular Hbond substituents is 1. The number of phenols is 1. The van der Waals surface area contributed by atoms with Crippen molar-refractivity contribution in [3.05, 3.63) is 48.1 Å². The number of hydrogen-bond acceptors (Lipinski definition) is 3. The fourth-order valence-electron chi connectivity index (χ4n) is 3.18. The smallest absolute Gasteiger partial charge is 0.311 e. The van der Waals surface area contributed by atoms with Crippen LogP contribution in [0.1, 0.15) is 96.5 Å². The van der Waals surface area contributed by atoms with Crippen molar-refractivity contribution in [1.29, 1.82) is 0 Å². The molecule has 0 amide bonds. The summed E-state index contributed by atoms with van der Waals surface area (Å²) in [5.74, 6) is 0.401. The molecular weight excluding hydrogens is 360 g/mol. The van der Waals surface area contributed by atoms with E-state index in [2.05, 4.69) is 31.2 Å². The van der Waals surface area contributed by atoms with Crippen LogP contribution in [0, 0.1) is 0 Å². The van der Waals surface area contributed by atoms with Gasteiger partial charge in [-0.2, -0.15) is 0 Å². The second kappa shape index (κ2) is 16.9. The standard InChI is InChI=1S/C26H40O3/c1-3-5-6-7-8-9-10-11-12-13-14-15-16-17-18-19-26(28)29-25-22-24(27)21-20-23(25)4-2/h8-9,11-12,20-22,27H,3-7,10,13-19H2,1-2H3/b9-8-,12-11-. The molecule has 0 aliphatic carbocycles. The minimum absolute atomic E-state index is 0.127. The van der Waals surface area contributed by atoms with Gasteiger partial charge in [-0.15, -0.1) is 0 Å². The van der Waals surface area contributed by atoms with Gasteiger partial charge in [0.2, 0.25) is 0 Å². The molecule has 0 aromatic heterocycles. The van der Waals surface area contributed by atoms with E-state index in [0.29, 0.717) is 12.2 Å². The lowest BCUT2D eigenvalue weighted by Crippen LogP contribution is -2.08. The van der Waals surface area contributed by atoms with E-state index in [4.69, 9.17) is 4.74 Å². The summed E-state index contributed by atoms with van der Waals surface area (Å²) in [6.07, 6.45) is 23.1. The van der Waals surface area contributed by atoms with Crippen molar-refractivity contribution in [2.75, 3.05) is 0 Å². The molecule has 0 fully saturated rings. The number of ether oxygens (including phenoxy) is 1. The Morgan fingerprint density at radius 2 is 1.55 bits per heavy atom. The van der Waals surface area contributed by atoms with Crippen LogP contribution in [-0.2, 0) is 11.2 Å². The van der Waals surface area contributed by atoms with Gasteiger partial charge in [-0.1, -0.05) is 76.3 Å². The van der Waals surface area contributed by atoms with Crippen LogP contribution in [0.5, 0.6) is 11.5 Å². The van der Waals surface area contributed by atoms with Gasteiger partial charge in [0.1, 0.15) is 11.5 Å². The number of hydrogen-bond donors (Lipinski definition) is 1. The van der Waals surface area contributed by atoms with Crippen molar-refractivity contribution in [2.45, 2.75) is 97.3 Å². The Kier molecular flexibility index (Phi) is 14.6. The molecule has 0 atom stereocenters. The second-order valence-corrected chi connectivity index (χ2v) is 7.60. The highest BCUT2D eigenvalue weighted by molar-refractivity contribution is 5.72. The van der Waals surface area contributed by atoms with E-state index < -0.39 is 0 Å². The van der Waals surface area contributed by atoms with E-state index in [1.807, 2.05) is 6.92 Å². The van der Waals surface area contributed by atoms with Crippen LogP contribution in [0.15, 0.2) is 42.5 Å². The topological polar surface area (TPSA) is 46.5 Å². The third-order valence-corrected chi connectivity index (χ3v) is 4.99. The van der Waals surface area contributed by atoms with Crippen LogP contribution >= 0.6 is 0 Å². The molecule has 1 aromatic rings. The lowest BCUT2D eigenvalue weighted by Gasteiger charge is -2.09. The van der Waals surface area contributed by atoms with E-state index in [0.717, 1.165) is 44.1 Å². The molecule has 3 nitrogen and oxygen atoms in total. The number of esters is 1. The SMILES string of the molecule is CCCCC/C=C\C/C=C\CCCCCCCC(=O)Oc1cc(O)ccc1CC. The number of carbonyl (C=O) groups is 1. The Morgan fingerprint density at radius 1 is 0.897 bits per heavy atom. The summed E-state index contributed by atoms with van der Waals surface area (Å²) in [5, 5.41) is 9.56. The van der Waals surface area contributed by atoms with E-state index in [-0.39, 0.29) is 11.7 Å². The predicted molar refractivity (Wildman–Crippen MR) is 122 cm³/mol. The highest BCUT2D eigenvalue weighted by Crippen LogP contribution is 2.25. The van der Waals surface area contributed by atoms with E-state index in [9.17, 15) is 9.90 Å².